The molecule has 1 aromatic carbocycles. The number of para-hydroxylation sites is 1. The van der Waals surface area contributed by atoms with Crippen molar-refractivity contribution in [2.24, 2.45) is 5.92 Å². The molecule has 0 spiro atoms. The van der Waals surface area contributed by atoms with Crippen molar-refractivity contribution in [2.45, 2.75) is 19.8 Å². The van der Waals surface area contributed by atoms with Gasteiger partial charge in [-0.05, 0) is 50.9 Å². The summed E-state index contributed by atoms with van der Waals surface area (Å²) in [5, 5.41) is 3.15. The van der Waals surface area contributed by atoms with Crippen molar-refractivity contribution in [2.75, 3.05) is 31.4 Å². The van der Waals surface area contributed by atoms with Gasteiger partial charge in [0.25, 0.3) is 0 Å². The van der Waals surface area contributed by atoms with E-state index in [-0.39, 0.29) is 0 Å². The van der Waals surface area contributed by atoms with Crippen LogP contribution < -0.4 is 10.0 Å². The molecule has 0 atom stereocenters. The van der Waals surface area contributed by atoms with Crippen LogP contribution in [0.25, 0.3) is 0 Å². The lowest BCUT2D eigenvalue weighted by Crippen LogP contribution is -2.43. The first-order valence-corrected chi connectivity index (χ1v) is 8.45. The number of piperidine rings is 1. The fourth-order valence-corrected chi connectivity index (χ4v) is 3.86. The number of hydrogen-bond acceptors (Lipinski definition) is 3. The van der Waals surface area contributed by atoms with Gasteiger partial charge in [0.15, 0.2) is 0 Å². The third kappa shape index (κ3) is 3.71. The van der Waals surface area contributed by atoms with E-state index in [9.17, 15) is 8.42 Å². The van der Waals surface area contributed by atoms with Crippen molar-refractivity contribution in [1.29, 1.82) is 0 Å². The second-order valence-corrected chi connectivity index (χ2v) is 6.99. The van der Waals surface area contributed by atoms with E-state index < -0.39 is 10.2 Å². The van der Waals surface area contributed by atoms with Gasteiger partial charge in [-0.1, -0.05) is 18.2 Å². The van der Waals surface area contributed by atoms with Gasteiger partial charge >= 0.3 is 10.2 Å². The van der Waals surface area contributed by atoms with Gasteiger partial charge in [-0.15, -0.1) is 0 Å². The van der Waals surface area contributed by atoms with E-state index in [1.54, 1.807) is 10.4 Å². The maximum atomic E-state index is 12.4. The highest BCUT2D eigenvalue weighted by atomic mass is 32.2. The van der Waals surface area contributed by atoms with Crippen molar-refractivity contribution < 1.29 is 8.42 Å². The number of nitrogens with zero attached hydrogens (tertiary/aromatic N) is 1. The molecule has 0 saturated carbocycles. The van der Waals surface area contributed by atoms with Gasteiger partial charge in [-0.3, -0.25) is 4.72 Å². The Morgan fingerprint density at radius 3 is 2.50 bits per heavy atom. The summed E-state index contributed by atoms with van der Waals surface area (Å²) < 4.78 is 29.0. The maximum Gasteiger partial charge on any atom is 0.301 e. The first-order chi connectivity index (χ1) is 9.53. The normalized spacial score (nSPS) is 18.1. The largest absolute Gasteiger partial charge is 0.319 e. The molecule has 112 valence electrons. The Hall–Kier alpha value is -1.11. The van der Waals surface area contributed by atoms with Gasteiger partial charge in [0.2, 0.25) is 0 Å². The molecule has 6 heteroatoms. The van der Waals surface area contributed by atoms with Crippen LogP contribution in [0.5, 0.6) is 0 Å². The minimum absolute atomic E-state index is 0.574. The molecule has 5 nitrogen and oxygen atoms in total. The van der Waals surface area contributed by atoms with Crippen molar-refractivity contribution in [3.63, 3.8) is 0 Å². The molecule has 0 bridgehead atoms. The molecule has 0 amide bonds. The zero-order valence-corrected chi connectivity index (χ0v) is 12.9. The van der Waals surface area contributed by atoms with Crippen molar-refractivity contribution in [1.82, 2.24) is 9.62 Å². The molecule has 1 aromatic rings. The van der Waals surface area contributed by atoms with E-state index in [2.05, 4.69) is 10.0 Å². The van der Waals surface area contributed by atoms with Gasteiger partial charge in [-0.25, -0.2) is 0 Å². The Kier molecular flexibility index (Phi) is 5.01. The summed E-state index contributed by atoms with van der Waals surface area (Å²) in [6.07, 6.45) is 1.82. The lowest BCUT2D eigenvalue weighted by molar-refractivity contribution is 0.272. The molecule has 1 saturated heterocycles. The molecule has 0 aromatic heterocycles. The number of hydrogen-bond donors (Lipinski definition) is 2. The Bertz CT molecular complexity index is 537. The van der Waals surface area contributed by atoms with Crippen LogP contribution in [0.15, 0.2) is 24.3 Å². The summed E-state index contributed by atoms with van der Waals surface area (Å²) in [6.45, 7) is 4.04. The van der Waals surface area contributed by atoms with Crippen molar-refractivity contribution >= 4 is 15.9 Å². The van der Waals surface area contributed by atoms with Crippen LogP contribution in [0.4, 0.5) is 5.69 Å². The molecule has 0 radical (unpaired) electrons. The van der Waals surface area contributed by atoms with Crippen LogP contribution in [0.1, 0.15) is 18.4 Å². The zero-order chi connectivity index (χ0) is 14.6. The predicted molar refractivity (Wildman–Crippen MR) is 81.9 cm³/mol. The SMILES string of the molecule is CNCC1CCN(S(=O)(=O)Nc2ccccc2C)CC1. The molecule has 1 heterocycles. The summed E-state index contributed by atoms with van der Waals surface area (Å²) >= 11 is 0. The predicted octanol–water partition coefficient (Wildman–Crippen LogP) is 1.58. The van der Waals surface area contributed by atoms with Gasteiger partial charge in [0.05, 0.1) is 5.69 Å². The molecule has 1 aliphatic heterocycles. The average molecular weight is 297 g/mol. The standard InChI is InChI=1S/C14H23N3O2S/c1-12-5-3-4-6-14(12)16-20(18,19)17-9-7-13(8-10-17)11-15-2/h3-6,13,15-16H,7-11H2,1-2H3. The topological polar surface area (TPSA) is 61.4 Å². The van der Waals surface area contributed by atoms with Crippen LogP contribution in [0.3, 0.4) is 0 Å². The monoisotopic (exact) mass is 297 g/mol. The van der Waals surface area contributed by atoms with Crippen LogP contribution in [-0.2, 0) is 10.2 Å². The molecular weight excluding hydrogens is 274 g/mol. The Balaban J connectivity index is 2.00. The molecule has 1 fully saturated rings. The lowest BCUT2D eigenvalue weighted by Gasteiger charge is -2.31. The third-order valence-corrected chi connectivity index (χ3v) is 5.31. The Morgan fingerprint density at radius 1 is 1.25 bits per heavy atom. The molecule has 20 heavy (non-hydrogen) atoms. The highest BCUT2D eigenvalue weighted by molar-refractivity contribution is 7.90. The Morgan fingerprint density at radius 2 is 1.90 bits per heavy atom. The number of anilines is 1. The first-order valence-electron chi connectivity index (χ1n) is 7.01. The second kappa shape index (κ2) is 6.56. The second-order valence-electron chi connectivity index (χ2n) is 5.32. The number of aryl methyl sites for hydroxylation is 1. The van der Waals surface area contributed by atoms with E-state index in [0.29, 0.717) is 24.7 Å². The molecule has 1 aliphatic rings. The highest BCUT2D eigenvalue weighted by Crippen LogP contribution is 2.21. The summed E-state index contributed by atoms with van der Waals surface area (Å²) in [5.41, 5.74) is 1.59. The molecule has 2 rings (SSSR count). The van der Waals surface area contributed by atoms with E-state index >= 15 is 0 Å². The summed E-state index contributed by atoms with van der Waals surface area (Å²) in [5.74, 6) is 0.574. The maximum absolute atomic E-state index is 12.4. The average Bonchev–Trinajstić information content (AvgIpc) is 2.42. The number of benzene rings is 1. The van der Waals surface area contributed by atoms with Crippen molar-refractivity contribution in [3.8, 4) is 0 Å². The van der Waals surface area contributed by atoms with E-state index in [4.69, 9.17) is 0 Å². The van der Waals surface area contributed by atoms with Crippen LogP contribution in [0, 0.1) is 12.8 Å². The van der Waals surface area contributed by atoms with E-state index in [1.165, 1.54) is 0 Å². The minimum atomic E-state index is -3.43. The lowest BCUT2D eigenvalue weighted by atomic mass is 9.98. The van der Waals surface area contributed by atoms with Crippen LogP contribution in [0.2, 0.25) is 0 Å². The van der Waals surface area contributed by atoms with Gasteiger partial charge < -0.3 is 5.32 Å². The van der Waals surface area contributed by atoms with E-state index in [1.807, 2.05) is 32.2 Å². The highest BCUT2D eigenvalue weighted by Gasteiger charge is 2.27. The van der Waals surface area contributed by atoms with Gasteiger partial charge in [-0.2, -0.15) is 12.7 Å². The molecule has 0 aliphatic carbocycles. The quantitative estimate of drug-likeness (QED) is 0.867. The van der Waals surface area contributed by atoms with Gasteiger partial charge in [0.1, 0.15) is 0 Å². The fourth-order valence-electron chi connectivity index (χ4n) is 2.53. The smallest absolute Gasteiger partial charge is 0.301 e. The van der Waals surface area contributed by atoms with Crippen molar-refractivity contribution in [3.05, 3.63) is 29.8 Å². The minimum Gasteiger partial charge on any atom is -0.319 e. The van der Waals surface area contributed by atoms with E-state index in [0.717, 1.165) is 24.9 Å². The van der Waals surface area contributed by atoms with Crippen LogP contribution in [-0.4, -0.2) is 39.4 Å². The number of rotatable bonds is 5. The summed E-state index contributed by atoms with van der Waals surface area (Å²) in [6, 6.07) is 7.43. The summed E-state index contributed by atoms with van der Waals surface area (Å²) in [7, 11) is -1.50. The zero-order valence-electron chi connectivity index (χ0n) is 12.1. The Labute approximate surface area is 121 Å². The van der Waals surface area contributed by atoms with Crippen LogP contribution >= 0.6 is 0 Å². The van der Waals surface area contributed by atoms with Gasteiger partial charge in [0, 0.05) is 13.1 Å². The first kappa shape index (κ1) is 15.3. The summed E-state index contributed by atoms with van der Waals surface area (Å²) in [4.78, 5) is 0. The third-order valence-electron chi connectivity index (χ3n) is 3.79. The molecular formula is C14H23N3O2S. The molecule has 0 unspecified atom stereocenters. The fraction of sp³-hybridized carbons (Fsp3) is 0.571. The number of nitrogens with one attached hydrogen (secondary N) is 2. The molecule has 2 N–H and O–H groups in total.